The van der Waals surface area contributed by atoms with Crippen LogP contribution in [0, 0.1) is 0 Å². The summed E-state index contributed by atoms with van der Waals surface area (Å²) in [6.07, 6.45) is 1.42. The number of hydrogen-bond acceptors (Lipinski definition) is 3. The van der Waals surface area contributed by atoms with Gasteiger partial charge in [0.25, 0.3) is 0 Å². The summed E-state index contributed by atoms with van der Waals surface area (Å²) in [6.45, 7) is 4.74. The molecule has 1 aliphatic rings. The minimum atomic E-state index is 0.0935. The van der Waals surface area contributed by atoms with Crippen LogP contribution in [0.15, 0.2) is 12.1 Å². The first-order chi connectivity index (χ1) is 9.12. The first-order valence-electron chi connectivity index (χ1n) is 6.66. The van der Waals surface area contributed by atoms with Gasteiger partial charge in [-0.15, -0.1) is 0 Å². The van der Waals surface area contributed by atoms with Gasteiger partial charge in [0, 0.05) is 13.0 Å². The van der Waals surface area contributed by atoms with Crippen LogP contribution in [0.25, 0.3) is 0 Å². The maximum absolute atomic E-state index is 11.9. The van der Waals surface area contributed by atoms with Gasteiger partial charge < -0.3 is 14.4 Å². The van der Waals surface area contributed by atoms with Crippen LogP contribution in [0.3, 0.4) is 0 Å². The van der Waals surface area contributed by atoms with Crippen molar-refractivity contribution in [1.82, 2.24) is 4.90 Å². The topological polar surface area (TPSA) is 38.8 Å². The maximum atomic E-state index is 11.9. The third-order valence-electron chi connectivity index (χ3n) is 3.81. The summed E-state index contributed by atoms with van der Waals surface area (Å²) in [5.74, 6) is 1.68. The molecule has 2 rings (SSSR count). The van der Waals surface area contributed by atoms with Crippen molar-refractivity contribution in [2.24, 2.45) is 0 Å². The molecule has 0 aromatic heterocycles. The van der Waals surface area contributed by atoms with E-state index in [1.54, 1.807) is 14.2 Å². The Bertz CT molecular complexity index is 485. The molecule has 0 aliphatic carbocycles. The van der Waals surface area contributed by atoms with Gasteiger partial charge in [0.2, 0.25) is 5.91 Å². The van der Waals surface area contributed by atoms with Crippen LogP contribution >= 0.6 is 0 Å². The fourth-order valence-electron chi connectivity index (χ4n) is 2.69. The van der Waals surface area contributed by atoms with Gasteiger partial charge in [0.05, 0.1) is 20.3 Å². The summed E-state index contributed by atoms with van der Waals surface area (Å²) in [5.41, 5.74) is 2.40. The van der Waals surface area contributed by atoms with Crippen molar-refractivity contribution in [3.05, 3.63) is 23.3 Å². The zero-order valence-electron chi connectivity index (χ0n) is 12.0. The lowest BCUT2D eigenvalue weighted by atomic mass is 9.92. The van der Waals surface area contributed by atoms with Crippen molar-refractivity contribution in [2.75, 3.05) is 20.8 Å². The van der Waals surface area contributed by atoms with Crippen molar-refractivity contribution in [2.45, 2.75) is 32.7 Å². The molecule has 4 nitrogen and oxygen atoms in total. The molecule has 0 spiro atoms. The van der Waals surface area contributed by atoms with Gasteiger partial charge in [-0.3, -0.25) is 4.79 Å². The first-order valence-corrected chi connectivity index (χ1v) is 6.66. The second kappa shape index (κ2) is 5.51. The third kappa shape index (κ3) is 2.39. The van der Waals surface area contributed by atoms with Gasteiger partial charge in [0.15, 0.2) is 11.5 Å². The van der Waals surface area contributed by atoms with Gasteiger partial charge in [-0.25, -0.2) is 0 Å². The largest absolute Gasteiger partial charge is 0.493 e. The van der Waals surface area contributed by atoms with E-state index < -0.39 is 0 Å². The van der Waals surface area contributed by atoms with Gasteiger partial charge in [-0.05, 0) is 36.6 Å². The number of rotatable bonds is 3. The Morgan fingerprint density at radius 3 is 2.53 bits per heavy atom. The Balaban J connectivity index is 2.40. The van der Waals surface area contributed by atoms with Gasteiger partial charge in [-0.1, -0.05) is 6.92 Å². The molecule has 1 atom stereocenters. The molecule has 0 radical (unpaired) electrons. The predicted molar refractivity (Wildman–Crippen MR) is 73.7 cm³/mol. The SMILES string of the molecule is CCC(=O)N1CCc2cc(OC)c(OC)cc2C1C. The Labute approximate surface area is 114 Å². The molecule has 19 heavy (non-hydrogen) atoms. The molecule has 0 saturated carbocycles. The predicted octanol–water partition coefficient (Wildman–Crippen LogP) is 2.56. The fourth-order valence-corrected chi connectivity index (χ4v) is 2.69. The zero-order valence-corrected chi connectivity index (χ0v) is 12.0. The van der Waals surface area contributed by atoms with Crippen molar-refractivity contribution in [1.29, 1.82) is 0 Å². The highest BCUT2D eigenvalue weighted by atomic mass is 16.5. The monoisotopic (exact) mass is 263 g/mol. The lowest BCUT2D eigenvalue weighted by molar-refractivity contribution is -0.133. The summed E-state index contributed by atoms with van der Waals surface area (Å²) >= 11 is 0. The van der Waals surface area contributed by atoms with E-state index in [2.05, 4.69) is 6.92 Å². The fraction of sp³-hybridized carbons (Fsp3) is 0.533. The van der Waals surface area contributed by atoms with E-state index in [1.807, 2.05) is 24.0 Å². The molecule has 0 saturated heterocycles. The first kappa shape index (κ1) is 13.7. The van der Waals surface area contributed by atoms with Gasteiger partial charge in [0.1, 0.15) is 0 Å². The highest BCUT2D eigenvalue weighted by molar-refractivity contribution is 5.77. The molecule has 1 aliphatic heterocycles. The number of amides is 1. The summed E-state index contributed by atoms with van der Waals surface area (Å²) < 4.78 is 10.7. The van der Waals surface area contributed by atoms with Gasteiger partial charge in [-0.2, -0.15) is 0 Å². The van der Waals surface area contributed by atoms with Crippen LogP contribution < -0.4 is 9.47 Å². The summed E-state index contributed by atoms with van der Waals surface area (Å²) in [6, 6.07) is 4.11. The van der Waals surface area contributed by atoms with Crippen LogP contribution in [0.1, 0.15) is 37.4 Å². The quantitative estimate of drug-likeness (QED) is 0.841. The number of carbonyl (C=O) groups is 1. The van der Waals surface area contributed by atoms with Crippen molar-refractivity contribution in [3.8, 4) is 11.5 Å². The molecule has 0 bridgehead atoms. The molecule has 1 amide bonds. The van der Waals surface area contributed by atoms with Crippen molar-refractivity contribution >= 4 is 5.91 Å². The number of nitrogens with zero attached hydrogens (tertiary/aromatic N) is 1. The number of fused-ring (bicyclic) bond motifs is 1. The minimum Gasteiger partial charge on any atom is -0.493 e. The molecule has 1 heterocycles. The molecule has 1 aromatic rings. The number of hydrogen-bond donors (Lipinski definition) is 0. The van der Waals surface area contributed by atoms with Crippen LogP contribution in [0.4, 0.5) is 0 Å². The normalized spacial score (nSPS) is 17.9. The average molecular weight is 263 g/mol. The van der Waals surface area contributed by atoms with Gasteiger partial charge >= 0.3 is 0 Å². The molecule has 4 heteroatoms. The van der Waals surface area contributed by atoms with Crippen LogP contribution in [-0.2, 0) is 11.2 Å². The number of ether oxygens (including phenoxy) is 2. The number of carbonyl (C=O) groups excluding carboxylic acids is 1. The van der Waals surface area contributed by atoms with Crippen molar-refractivity contribution in [3.63, 3.8) is 0 Å². The van der Waals surface area contributed by atoms with Crippen molar-refractivity contribution < 1.29 is 14.3 Å². The number of benzene rings is 1. The summed E-state index contributed by atoms with van der Waals surface area (Å²) in [4.78, 5) is 13.9. The number of methoxy groups -OCH3 is 2. The summed E-state index contributed by atoms with van der Waals surface area (Å²) in [5, 5.41) is 0. The Kier molecular flexibility index (Phi) is 3.98. The molecular formula is C15H21NO3. The van der Waals surface area contributed by atoms with E-state index in [0.29, 0.717) is 6.42 Å². The highest BCUT2D eigenvalue weighted by Crippen LogP contribution is 2.37. The maximum Gasteiger partial charge on any atom is 0.222 e. The van der Waals surface area contributed by atoms with Crippen LogP contribution in [0.2, 0.25) is 0 Å². The minimum absolute atomic E-state index is 0.0935. The molecule has 104 valence electrons. The third-order valence-corrected chi connectivity index (χ3v) is 3.81. The molecule has 1 aromatic carbocycles. The van der Waals surface area contributed by atoms with E-state index >= 15 is 0 Å². The van der Waals surface area contributed by atoms with E-state index in [1.165, 1.54) is 5.56 Å². The van der Waals surface area contributed by atoms with Crippen LogP contribution in [-0.4, -0.2) is 31.6 Å². The van der Waals surface area contributed by atoms with Crippen LogP contribution in [0.5, 0.6) is 11.5 Å². The average Bonchev–Trinajstić information content (AvgIpc) is 2.45. The Morgan fingerprint density at radius 1 is 1.32 bits per heavy atom. The van der Waals surface area contributed by atoms with E-state index in [9.17, 15) is 4.79 Å². The second-order valence-corrected chi connectivity index (χ2v) is 4.77. The zero-order chi connectivity index (χ0) is 14.0. The summed E-state index contributed by atoms with van der Waals surface area (Å²) in [7, 11) is 3.27. The smallest absolute Gasteiger partial charge is 0.222 e. The Hall–Kier alpha value is -1.71. The van der Waals surface area contributed by atoms with E-state index in [-0.39, 0.29) is 11.9 Å². The lowest BCUT2D eigenvalue weighted by Crippen LogP contribution is -2.38. The standard InChI is InChI=1S/C15H21NO3/c1-5-15(17)16-7-6-11-8-13(18-3)14(19-4)9-12(11)10(16)2/h8-10H,5-7H2,1-4H3. The molecule has 0 fully saturated rings. The van der Waals surface area contributed by atoms with E-state index in [0.717, 1.165) is 30.0 Å². The molecular weight excluding hydrogens is 242 g/mol. The molecule has 1 unspecified atom stereocenters. The Morgan fingerprint density at radius 2 is 1.95 bits per heavy atom. The second-order valence-electron chi connectivity index (χ2n) is 4.77. The lowest BCUT2D eigenvalue weighted by Gasteiger charge is -2.35. The highest BCUT2D eigenvalue weighted by Gasteiger charge is 2.28. The molecule has 0 N–H and O–H groups in total. The van der Waals surface area contributed by atoms with E-state index in [4.69, 9.17) is 9.47 Å².